The van der Waals surface area contributed by atoms with Crippen molar-refractivity contribution in [2.75, 3.05) is 14.2 Å². The maximum Gasteiger partial charge on any atom is 0.334 e. The van der Waals surface area contributed by atoms with Crippen molar-refractivity contribution in [3.8, 4) is 5.75 Å². The lowest BCUT2D eigenvalue weighted by molar-refractivity contribution is 0.243. The van der Waals surface area contributed by atoms with Crippen LogP contribution in [0.25, 0.3) is 0 Å². The fourth-order valence-electron chi connectivity index (χ4n) is 0.989. The molecule has 80 valence electrons. The minimum absolute atomic E-state index is 0.360. The van der Waals surface area contributed by atoms with Crippen LogP contribution in [0.3, 0.4) is 0 Å². The number of carbonyl (C=O) groups is 1. The molecule has 0 saturated carbocycles. The van der Waals surface area contributed by atoms with Gasteiger partial charge < -0.3 is 10.1 Å². The highest BCUT2D eigenvalue weighted by Crippen LogP contribution is 2.14. The first-order chi connectivity index (χ1) is 7.27. The number of hydrogen-bond acceptors (Lipinski definition) is 3. The van der Waals surface area contributed by atoms with Crippen LogP contribution in [-0.4, -0.2) is 26.4 Å². The van der Waals surface area contributed by atoms with Crippen LogP contribution >= 0.6 is 0 Å². The molecule has 0 aliphatic rings. The monoisotopic (exact) mass is 207 g/mol. The van der Waals surface area contributed by atoms with Gasteiger partial charge in [-0.15, -0.1) is 0 Å². The highest BCUT2D eigenvalue weighted by Gasteiger charge is 1.97. The quantitative estimate of drug-likeness (QED) is 0.572. The van der Waals surface area contributed by atoms with Gasteiger partial charge in [-0.25, -0.2) is 10.2 Å². The number of rotatable bonds is 3. The Morgan fingerprint density at radius 2 is 2.20 bits per heavy atom. The molecule has 0 unspecified atom stereocenters. The number of methoxy groups -OCH3 is 1. The van der Waals surface area contributed by atoms with E-state index in [0.717, 1.165) is 5.56 Å². The number of amides is 2. The van der Waals surface area contributed by atoms with E-state index in [1.165, 1.54) is 13.3 Å². The molecule has 0 aliphatic carbocycles. The number of urea groups is 1. The second-order valence-corrected chi connectivity index (χ2v) is 2.69. The summed E-state index contributed by atoms with van der Waals surface area (Å²) >= 11 is 0. The van der Waals surface area contributed by atoms with E-state index in [0.29, 0.717) is 5.75 Å². The van der Waals surface area contributed by atoms with E-state index >= 15 is 0 Å². The van der Waals surface area contributed by atoms with Crippen molar-refractivity contribution in [3.05, 3.63) is 29.8 Å². The smallest absolute Gasteiger partial charge is 0.334 e. The molecule has 15 heavy (non-hydrogen) atoms. The van der Waals surface area contributed by atoms with Gasteiger partial charge in [0.15, 0.2) is 0 Å². The molecule has 0 saturated heterocycles. The van der Waals surface area contributed by atoms with Crippen molar-refractivity contribution in [2.45, 2.75) is 0 Å². The van der Waals surface area contributed by atoms with Gasteiger partial charge in [-0.05, 0) is 12.1 Å². The van der Waals surface area contributed by atoms with E-state index in [9.17, 15) is 4.79 Å². The molecule has 2 amide bonds. The standard InChI is InChI=1S/C10H13N3O2/c1-11-10(14)13-12-7-8-5-3-4-6-9(8)15-2/h3-7H,1-2H3,(H2,11,13,14)/b12-7+. The molecule has 0 aromatic heterocycles. The summed E-state index contributed by atoms with van der Waals surface area (Å²) in [5, 5.41) is 6.14. The summed E-state index contributed by atoms with van der Waals surface area (Å²) in [4.78, 5) is 10.8. The fraction of sp³-hybridized carbons (Fsp3) is 0.200. The zero-order valence-electron chi connectivity index (χ0n) is 8.65. The van der Waals surface area contributed by atoms with Crippen molar-refractivity contribution < 1.29 is 9.53 Å². The van der Waals surface area contributed by atoms with Crippen LogP contribution in [0.1, 0.15) is 5.56 Å². The van der Waals surface area contributed by atoms with Gasteiger partial charge in [0.05, 0.1) is 13.3 Å². The molecule has 1 rings (SSSR count). The second-order valence-electron chi connectivity index (χ2n) is 2.69. The van der Waals surface area contributed by atoms with Gasteiger partial charge >= 0.3 is 6.03 Å². The third-order valence-electron chi connectivity index (χ3n) is 1.74. The Bertz CT molecular complexity index is 363. The summed E-state index contributed by atoms with van der Waals surface area (Å²) in [6.45, 7) is 0. The minimum Gasteiger partial charge on any atom is -0.496 e. The third-order valence-corrected chi connectivity index (χ3v) is 1.74. The predicted molar refractivity (Wildman–Crippen MR) is 58.2 cm³/mol. The largest absolute Gasteiger partial charge is 0.496 e. The average Bonchev–Trinajstić information content (AvgIpc) is 2.29. The van der Waals surface area contributed by atoms with E-state index in [4.69, 9.17) is 4.74 Å². The lowest BCUT2D eigenvalue weighted by Crippen LogP contribution is -2.28. The molecule has 0 bridgehead atoms. The van der Waals surface area contributed by atoms with Gasteiger partial charge in [0.1, 0.15) is 5.75 Å². The number of hydrogen-bond donors (Lipinski definition) is 2. The van der Waals surface area contributed by atoms with Crippen molar-refractivity contribution >= 4 is 12.2 Å². The Kier molecular flexibility index (Phi) is 4.15. The Morgan fingerprint density at radius 1 is 1.47 bits per heavy atom. The van der Waals surface area contributed by atoms with Crippen LogP contribution in [0, 0.1) is 0 Å². The van der Waals surface area contributed by atoms with Crippen molar-refractivity contribution in [2.24, 2.45) is 5.10 Å². The Hall–Kier alpha value is -2.04. The SMILES string of the molecule is CNC(=O)N/N=C/c1ccccc1OC. The maximum atomic E-state index is 10.8. The number of nitrogens with one attached hydrogen (secondary N) is 2. The molecule has 0 aliphatic heterocycles. The van der Waals surface area contributed by atoms with Gasteiger partial charge in [0.25, 0.3) is 0 Å². The molecule has 1 aromatic rings. The number of hydrazone groups is 1. The number of carbonyl (C=O) groups excluding carboxylic acids is 1. The molecule has 2 N–H and O–H groups in total. The lowest BCUT2D eigenvalue weighted by Gasteiger charge is -2.02. The van der Waals surface area contributed by atoms with Gasteiger partial charge in [0, 0.05) is 12.6 Å². The van der Waals surface area contributed by atoms with Crippen LogP contribution in [0.15, 0.2) is 29.4 Å². The van der Waals surface area contributed by atoms with Crippen LogP contribution in [0.4, 0.5) is 4.79 Å². The first-order valence-electron chi connectivity index (χ1n) is 4.41. The summed E-state index contributed by atoms with van der Waals surface area (Å²) < 4.78 is 5.11. The van der Waals surface area contributed by atoms with Crippen molar-refractivity contribution in [1.82, 2.24) is 10.7 Å². The highest BCUT2D eigenvalue weighted by atomic mass is 16.5. The second kappa shape index (κ2) is 5.64. The Balaban J connectivity index is 2.67. The first kappa shape index (κ1) is 11.0. The average molecular weight is 207 g/mol. The molecule has 0 atom stereocenters. The van der Waals surface area contributed by atoms with E-state index < -0.39 is 0 Å². The summed E-state index contributed by atoms with van der Waals surface area (Å²) in [5.74, 6) is 0.708. The number of para-hydroxylation sites is 1. The molecule has 5 heteroatoms. The molecule has 0 spiro atoms. The van der Waals surface area contributed by atoms with E-state index in [-0.39, 0.29) is 6.03 Å². The van der Waals surface area contributed by atoms with Crippen LogP contribution in [-0.2, 0) is 0 Å². The number of ether oxygens (including phenoxy) is 1. The zero-order valence-corrected chi connectivity index (χ0v) is 8.65. The topological polar surface area (TPSA) is 62.7 Å². The van der Waals surface area contributed by atoms with Crippen LogP contribution < -0.4 is 15.5 Å². The molecule has 0 fully saturated rings. The van der Waals surface area contributed by atoms with Gasteiger partial charge in [-0.1, -0.05) is 12.1 Å². The summed E-state index contributed by atoms with van der Waals surface area (Å²) in [5.41, 5.74) is 3.10. The van der Waals surface area contributed by atoms with Crippen LogP contribution in [0.2, 0.25) is 0 Å². The first-order valence-corrected chi connectivity index (χ1v) is 4.41. The molecule has 1 aromatic carbocycles. The molecule has 5 nitrogen and oxygen atoms in total. The van der Waals surface area contributed by atoms with Gasteiger partial charge in [-0.3, -0.25) is 0 Å². The summed E-state index contributed by atoms with van der Waals surface area (Å²) in [6, 6.07) is 7.03. The summed E-state index contributed by atoms with van der Waals surface area (Å²) in [7, 11) is 3.10. The van der Waals surface area contributed by atoms with Crippen LogP contribution in [0.5, 0.6) is 5.75 Å². The predicted octanol–water partition coefficient (Wildman–Crippen LogP) is 0.958. The molecule has 0 heterocycles. The summed E-state index contributed by atoms with van der Waals surface area (Å²) in [6.07, 6.45) is 1.52. The van der Waals surface area contributed by atoms with E-state index in [1.807, 2.05) is 24.3 Å². The lowest BCUT2D eigenvalue weighted by atomic mass is 10.2. The van der Waals surface area contributed by atoms with Crippen molar-refractivity contribution in [3.63, 3.8) is 0 Å². The number of nitrogens with zero attached hydrogens (tertiary/aromatic N) is 1. The molecular weight excluding hydrogens is 194 g/mol. The fourth-order valence-corrected chi connectivity index (χ4v) is 0.989. The third kappa shape index (κ3) is 3.30. The van der Waals surface area contributed by atoms with E-state index in [1.54, 1.807) is 7.11 Å². The molecular formula is C10H13N3O2. The molecule has 0 radical (unpaired) electrons. The number of benzene rings is 1. The maximum absolute atomic E-state index is 10.8. The minimum atomic E-state index is -0.360. The normalized spacial score (nSPS) is 10.0. The van der Waals surface area contributed by atoms with Gasteiger partial charge in [-0.2, -0.15) is 5.10 Å². The van der Waals surface area contributed by atoms with Gasteiger partial charge in [0.2, 0.25) is 0 Å². The highest BCUT2D eigenvalue weighted by molar-refractivity contribution is 5.84. The Labute approximate surface area is 88.1 Å². The van der Waals surface area contributed by atoms with Crippen molar-refractivity contribution in [1.29, 1.82) is 0 Å². The van der Waals surface area contributed by atoms with E-state index in [2.05, 4.69) is 15.8 Å². The Morgan fingerprint density at radius 3 is 2.87 bits per heavy atom. The zero-order chi connectivity index (χ0) is 11.1.